The van der Waals surface area contributed by atoms with Crippen molar-refractivity contribution in [2.45, 2.75) is 12.8 Å². The van der Waals surface area contributed by atoms with Crippen LogP contribution in [0, 0.1) is 11.3 Å². The summed E-state index contributed by atoms with van der Waals surface area (Å²) in [6.45, 7) is 4.07. The lowest BCUT2D eigenvalue weighted by molar-refractivity contribution is 0.239. The van der Waals surface area contributed by atoms with Crippen molar-refractivity contribution in [1.82, 2.24) is 4.90 Å². The van der Waals surface area contributed by atoms with Crippen molar-refractivity contribution >= 4 is 6.08 Å². The predicted molar refractivity (Wildman–Crippen MR) is 150 cm³/mol. The second-order valence-corrected chi connectivity index (χ2v) is 9.17. The largest absolute Gasteiger partial charge is 0.493 e. The minimum absolute atomic E-state index is 0.0562. The van der Waals surface area contributed by atoms with E-state index in [1.54, 1.807) is 42.7 Å². The maximum atomic E-state index is 10.2. The SMILES string of the molecule is CCN1CC2=C(OC(N)=C(C#N)C2c2cc(OC)c(OC)c(OC)c2)/C(=C/c2cc(OC)c(OC)c(OC)c2)C1. The molecule has 0 radical (unpaired) electrons. The van der Waals surface area contributed by atoms with Gasteiger partial charge in [-0.05, 0) is 53.6 Å². The highest BCUT2D eigenvalue weighted by molar-refractivity contribution is 5.68. The van der Waals surface area contributed by atoms with Crippen molar-refractivity contribution in [3.8, 4) is 40.6 Å². The summed E-state index contributed by atoms with van der Waals surface area (Å²) < 4.78 is 39.5. The van der Waals surface area contributed by atoms with E-state index < -0.39 is 5.92 Å². The third kappa shape index (κ3) is 5.08. The molecule has 10 heteroatoms. The van der Waals surface area contributed by atoms with E-state index in [0.717, 1.165) is 28.8 Å². The summed E-state index contributed by atoms with van der Waals surface area (Å²) in [6.07, 6.45) is 2.01. The molecule has 2 aromatic rings. The van der Waals surface area contributed by atoms with Gasteiger partial charge >= 0.3 is 0 Å². The summed E-state index contributed by atoms with van der Waals surface area (Å²) in [5.41, 5.74) is 10.1. The van der Waals surface area contributed by atoms with Gasteiger partial charge in [-0.3, -0.25) is 4.90 Å². The number of nitrogens with two attached hydrogens (primary N) is 1. The molecule has 0 aromatic heterocycles. The van der Waals surface area contributed by atoms with Crippen LogP contribution in [0.5, 0.6) is 34.5 Å². The first-order chi connectivity index (χ1) is 19.4. The van der Waals surface area contributed by atoms with E-state index in [-0.39, 0.29) is 5.88 Å². The first-order valence-electron chi connectivity index (χ1n) is 12.7. The number of benzene rings is 2. The maximum absolute atomic E-state index is 10.2. The van der Waals surface area contributed by atoms with Gasteiger partial charge in [-0.25, -0.2) is 0 Å². The lowest BCUT2D eigenvalue weighted by atomic mass is 9.80. The molecule has 2 aromatic carbocycles. The van der Waals surface area contributed by atoms with Gasteiger partial charge in [0, 0.05) is 18.7 Å². The summed E-state index contributed by atoms with van der Waals surface area (Å²) in [6, 6.07) is 9.72. The number of methoxy groups -OCH3 is 6. The van der Waals surface area contributed by atoms with Crippen LogP contribution in [0.25, 0.3) is 6.08 Å². The van der Waals surface area contributed by atoms with Crippen LogP contribution in [0.1, 0.15) is 24.0 Å². The fourth-order valence-corrected chi connectivity index (χ4v) is 5.20. The van der Waals surface area contributed by atoms with Gasteiger partial charge < -0.3 is 38.9 Å². The van der Waals surface area contributed by atoms with E-state index in [4.69, 9.17) is 38.9 Å². The molecule has 0 spiro atoms. The topological polar surface area (TPSA) is 118 Å². The van der Waals surface area contributed by atoms with Crippen LogP contribution in [0.2, 0.25) is 0 Å². The lowest BCUT2D eigenvalue weighted by Crippen LogP contribution is -2.38. The van der Waals surface area contributed by atoms with E-state index in [1.807, 2.05) is 30.3 Å². The molecule has 2 N–H and O–H groups in total. The van der Waals surface area contributed by atoms with Crippen LogP contribution in [-0.4, -0.2) is 67.2 Å². The Hall–Kier alpha value is -4.49. The zero-order valence-electron chi connectivity index (χ0n) is 23.9. The lowest BCUT2D eigenvalue weighted by Gasteiger charge is -2.38. The smallest absolute Gasteiger partial charge is 0.205 e. The molecule has 0 bridgehead atoms. The Bertz CT molecular complexity index is 1370. The fraction of sp³-hybridized carbons (Fsp3) is 0.367. The van der Waals surface area contributed by atoms with Gasteiger partial charge in [-0.1, -0.05) is 6.92 Å². The fourth-order valence-electron chi connectivity index (χ4n) is 5.20. The Kier molecular flexibility index (Phi) is 8.65. The number of ether oxygens (including phenoxy) is 7. The van der Waals surface area contributed by atoms with Crippen molar-refractivity contribution in [3.63, 3.8) is 0 Å². The van der Waals surface area contributed by atoms with Gasteiger partial charge in [-0.2, -0.15) is 5.26 Å². The predicted octanol–water partition coefficient (Wildman–Crippen LogP) is 4.22. The van der Waals surface area contributed by atoms with Crippen LogP contribution in [-0.2, 0) is 4.74 Å². The molecule has 0 saturated carbocycles. The quantitative estimate of drug-likeness (QED) is 0.487. The van der Waals surface area contributed by atoms with E-state index in [9.17, 15) is 5.26 Å². The normalized spacial score (nSPS) is 18.1. The molecule has 10 nitrogen and oxygen atoms in total. The highest BCUT2D eigenvalue weighted by Gasteiger charge is 2.38. The third-order valence-corrected chi connectivity index (χ3v) is 7.10. The Balaban J connectivity index is 1.94. The first-order valence-corrected chi connectivity index (χ1v) is 12.7. The summed E-state index contributed by atoms with van der Waals surface area (Å²) in [4.78, 5) is 2.27. The van der Waals surface area contributed by atoms with E-state index in [0.29, 0.717) is 58.9 Å². The molecule has 0 saturated heterocycles. The molecule has 2 aliphatic heterocycles. The average Bonchev–Trinajstić information content (AvgIpc) is 2.98. The Morgan fingerprint density at radius 3 is 1.85 bits per heavy atom. The number of hydrogen-bond acceptors (Lipinski definition) is 10. The van der Waals surface area contributed by atoms with Gasteiger partial charge in [0.2, 0.25) is 17.4 Å². The molecule has 1 atom stereocenters. The maximum Gasteiger partial charge on any atom is 0.205 e. The first kappa shape index (κ1) is 28.5. The number of allylic oxidation sites excluding steroid dienone is 1. The number of likely N-dealkylation sites (N-methyl/N-ethyl adjacent to an activating group) is 1. The molecular formula is C30H35N3O7. The number of nitriles is 1. The summed E-state index contributed by atoms with van der Waals surface area (Å²) in [7, 11) is 9.39. The highest BCUT2D eigenvalue weighted by atomic mass is 16.5. The van der Waals surface area contributed by atoms with E-state index in [2.05, 4.69) is 17.9 Å². The van der Waals surface area contributed by atoms with Gasteiger partial charge in [0.15, 0.2) is 23.0 Å². The zero-order chi connectivity index (χ0) is 29.0. The number of nitrogens with zero attached hydrogens (tertiary/aromatic N) is 2. The van der Waals surface area contributed by atoms with Crippen molar-refractivity contribution in [1.29, 1.82) is 5.26 Å². The Morgan fingerprint density at radius 1 is 0.875 bits per heavy atom. The molecule has 0 fully saturated rings. The van der Waals surface area contributed by atoms with Gasteiger partial charge in [-0.15, -0.1) is 0 Å². The third-order valence-electron chi connectivity index (χ3n) is 7.10. The van der Waals surface area contributed by atoms with Crippen LogP contribution in [0.4, 0.5) is 0 Å². The van der Waals surface area contributed by atoms with Gasteiger partial charge in [0.25, 0.3) is 0 Å². The van der Waals surface area contributed by atoms with Crippen LogP contribution >= 0.6 is 0 Å². The Labute approximate surface area is 234 Å². The Morgan fingerprint density at radius 2 is 1.40 bits per heavy atom. The standard InChI is InChI=1S/C30H35N3O7/c1-8-33-15-19(9-17-10-22(34-2)28(38-6)23(11-17)35-3)27-21(16-33)26(20(14-31)30(32)40-27)18-12-24(36-4)29(39-7)25(13-18)37-5/h9-13,26H,8,15-16,32H2,1-7H3/b19-9+. The second kappa shape index (κ2) is 12.1. The van der Waals surface area contributed by atoms with Crippen molar-refractivity contribution in [2.24, 2.45) is 5.73 Å². The molecule has 0 amide bonds. The average molecular weight is 550 g/mol. The molecule has 212 valence electrons. The molecule has 1 unspecified atom stereocenters. The zero-order valence-corrected chi connectivity index (χ0v) is 23.9. The van der Waals surface area contributed by atoms with Gasteiger partial charge in [0.05, 0.1) is 48.6 Å². The number of rotatable bonds is 9. The second-order valence-electron chi connectivity index (χ2n) is 9.17. The van der Waals surface area contributed by atoms with Gasteiger partial charge in [0.1, 0.15) is 17.4 Å². The molecular weight excluding hydrogens is 514 g/mol. The van der Waals surface area contributed by atoms with Crippen LogP contribution in [0.3, 0.4) is 0 Å². The molecule has 2 aliphatic rings. The van der Waals surface area contributed by atoms with Crippen LogP contribution in [0.15, 0.2) is 52.6 Å². The molecule has 0 aliphatic carbocycles. The van der Waals surface area contributed by atoms with Crippen LogP contribution < -0.4 is 34.2 Å². The van der Waals surface area contributed by atoms with Crippen molar-refractivity contribution in [2.75, 3.05) is 62.3 Å². The van der Waals surface area contributed by atoms with E-state index in [1.165, 1.54) is 0 Å². The molecule has 4 rings (SSSR count). The van der Waals surface area contributed by atoms with Crippen molar-refractivity contribution < 1.29 is 33.2 Å². The highest BCUT2D eigenvalue weighted by Crippen LogP contribution is 2.48. The summed E-state index contributed by atoms with van der Waals surface area (Å²) in [5, 5.41) is 10.2. The van der Waals surface area contributed by atoms with E-state index >= 15 is 0 Å². The molecule has 40 heavy (non-hydrogen) atoms. The summed E-state index contributed by atoms with van der Waals surface area (Å²) >= 11 is 0. The minimum atomic E-state index is -0.486. The number of hydrogen-bond donors (Lipinski definition) is 1. The minimum Gasteiger partial charge on any atom is -0.493 e. The van der Waals surface area contributed by atoms with Crippen molar-refractivity contribution in [3.05, 3.63) is 63.8 Å². The molecule has 2 heterocycles. The monoisotopic (exact) mass is 549 g/mol. The summed E-state index contributed by atoms with van der Waals surface area (Å²) in [5.74, 6) is 3.22.